The number of aliphatic hydroxyl groups is 2. The second-order valence-corrected chi connectivity index (χ2v) is 14.2. The monoisotopic (exact) mass is 534 g/mol. The molecule has 5 fully saturated rings. The first kappa shape index (κ1) is 29.3. The Hall–Kier alpha value is -0.240. The molecule has 12 unspecified atom stereocenters. The van der Waals surface area contributed by atoms with Crippen LogP contribution in [0.1, 0.15) is 117 Å². The van der Waals surface area contributed by atoms with E-state index in [-0.39, 0.29) is 60.2 Å². The lowest BCUT2D eigenvalue weighted by Gasteiger charge is -2.48. The van der Waals surface area contributed by atoms with Crippen molar-refractivity contribution in [3.63, 3.8) is 0 Å². The van der Waals surface area contributed by atoms with E-state index >= 15 is 0 Å². The molecule has 5 saturated carbocycles. The van der Waals surface area contributed by atoms with E-state index in [0.29, 0.717) is 11.8 Å². The van der Waals surface area contributed by atoms with E-state index < -0.39 is 12.2 Å². The van der Waals surface area contributed by atoms with Crippen LogP contribution in [0.25, 0.3) is 0 Å². The van der Waals surface area contributed by atoms with Gasteiger partial charge in [0, 0.05) is 12.1 Å². The Balaban J connectivity index is 1.18. The zero-order valence-electron chi connectivity index (χ0n) is 24.3. The predicted molar refractivity (Wildman–Crippen MR) is 151 cm³/mol. The van der Waals surface area contributed by atoms with Crippen molar-refractivity contribution in [3.8, 4) is 0 Å². The molecule has 0 radical (unpaired) electrons. The van der Waals surface area contributed by atoms with Gasteiger partial charge in [0.2, 0.25) is 0 Å². The molecule has 220 valence electrons. The Morgan fingerprint density at radius 1 is 0.526 bits per heavy atom. The maximum absolute atomic E-state index is 11.1. The van der Waals surface area contributed by atoms with Crippen molar-refractivity contribution in [1.29, 1.82) is 0 Å². The molecule has 0 aromatic rings. The molecule has 0 aromatic carbocycles. The summed E-state index contributed by atoms with van der Waals surface area (Å²) in [4.78, 5) is 0. The summed E-state index contributed by atoms with van der Waals surface area (Å²) in [6.07, 6.45) is 18.7. The van der Waals surface area contributed by atoms with Crippen molar-refractivity contribution < 1.29 is 19.7 Å². The lowest BCUT2D eigenvalue weighted by molar-refractivity contribution is -0.158. The first-order valence-corrected chi connectivity index (χ1v) is 16.5. The Bertz CT molecular complexity index is 664. The summed E-state index contributed by atoms with van der Waals surface area (Å²) in [6.45, 7) is 4.35. The minimum Gasteiger partial charge on any atom is -0.391 e. The summed E-state index contributed by atoms with van der Waals surface area (Å²) < 4.78 is 13.7. The molecular weight excluding hydrogens is 476 g/mol. The minimum atomic E-state index is -0.403. The zero-order chi connectivity index (χ0) is 26.8. The molecule has 0 heterocycles. The van der Waals surface area contributed by atoms with Gasteiger partial charge in [0.25, 0.3) is 0 Å². The summed E-state index contributed by atoms with van der Waals surface area (Å²) in [7, 11) is 0. The van der Waals surface area contributed by atoms with Crippen LogP contribution in [0, 0.1) is 35.5 Å². The third-order valence-corrected chi connectivity index (χ3v) is 11.9. The fourth-order valence-corrected chi connectivity index (χ4v) is 9.20. The molecule has 0 bridgehead atoms. The second-order valence-electron chi connectivity index (χ2n) is 14.2. The molecule has 5 aliphatic rings. The first-order valence-electron chi connectivity index (χ1n) is 16.5. The van der Waals surface area contributed by atoms with Gasteiger partial charge in [-0.15, -0.1) is 0 Å². The molecular formula is C32H58N2O4. The number of hydrogen-bond donors (Lipinski definition) is 4. The molecule has 38 heavy (non-hydrogen) atoms. The summed E-state index contributed by atoms with van der Waals surface area (Å²) in [5, 5.41) is 22.1. The van der Waals surface area contributed by atoms with Crippen LogP contribution >= 0.6 is 0 Å². The lowest BCUT2D eigenvalue weighted by atomic mass is 9.67. The van der Waals surface area contributed by atoms with Crippen LogP contribution in [0.15, 0.2) is 0 Å². The summed E-state index contributed by atoms with van der Waals surface area (Å²) >= 11 is 0. The van der Waals surface area contributed by atoms with Crippen LogP contribution in [0.5, 0.6) is 0 Å². The second kappa shape index (κ2) is 13.2. The maximum atomic E-state index is 11.1. The van der Waals surface area contributed by atoms with Crippen molar-refractivity contribution in [1.82, 2.24) is 0 Å². The summed E-state index contributed by atoms with van der Waals surface area (Å²) in [5.41, 5.74) is 13.2. The smallest absolute Gasteiger partial charge is 0.0726 e. The van der Waals surface area contributed by atoms with Crippen LogP contribution in [0.3, 0.4) is 0 Å². The van der Waals surface area contributed by atoms with Gasteiger partial charge in [-0.3, -0.25) is 0 Å². The Morgan fingerprint density at radius 3 is 1.32 bits per heavy atom. The lowest BCUT2D eigenvalue weighted by Crippen LogP contribution is -2.57. The van der Waals surface area contributed by atoms with E-state index in [9.17, 15) is 10.2 Å². The normalized spacial score (nSPS) is 48.2. The van der Waals surface area contributed by atoms with Gasteiger partial charge in [-0.1, -0.05) is 78.1 Å². The predicted octanol–water partition coefficient (Wildman–Crippen LogP) is 4.92. The van der Waals surface area contributed by atoms with Crippen LogP contribution < -0.4 is 11.5 Å². The number of ether oxygens (including phenoxy) is 2. The van der Waals surface area contributed by atoms with Crippen LogP contribution in [-0.4, -0.2) is 58.9 Å². The van der Waals surface area contributed by atoms with Crippen LogP contribution in [0.4, 0.5) is 0 Å². The van der Waals surface area contributed by atoms with Gasteiger partial charge in [0.05, 0.1) is 36.6 Å². The molecule has 0 spiro atoms. The SMILES string of the molecule is CC1C(OC2CCCC(OC3CC(C4CCCCC4)C(O)C(N)C3C)C2)CC(C2CCCCC2)C(O)C1N. The molecule has 0 aliphatic heterocycles. The molecule has 5 aliphatic carbocycles. The third kappa shape index (κ3) is 6.46. The standard InChI is InChI=1S/C32H58N2O4/c1-19-27(17-25(31(35)29(19)33)21-10-5-3-6-11-21)37-23-14-9-15-24(16-23)38-28-18-26(22-12-7-4-8-13-22)32(36)30(34)20(28)2/h19-32,35-36H,3-18,33-34H2,1-2H3. The van der Waals surface area contributed by atoms with Crippen LogP contribution in [-0.2, 0) is 9.47 Å². The topological polar surface area (TPSA) is 111 Å². The Morgan fingerprint density at radius 2 is 0.921 bits per heavy atom. The van der Waals surface area contributed by atoms with Gasteiger partial charge in [0.1, 0.15) is 0 Å². The van der Waals surface area contributed by atoms with Crippen molar-refractivity contribution in [2.24, 2.45) is 47.0 Å². The van der Waals surface area contributed by atoms with Gasteiger partial charge in [-0.25, -0.2) is 0 Å². The van der Waals surface area contributed by atoms with E-state index in [0.717, 1.165) is 38.5 Å². The van der Waals surface area contributed by atoms with Crippen molar-refractivity contribution in [2.75, 3.05) is 0 Å². The highest BCUT2D eigenvalue weighted by Gasteiger charge is 2.46. The van der Waals surface area contributed by atoms with Crippen molar-refractivity contribution >= 4 is 0 Å². The molecule has 6 N–H and O–H groups in total. The number of hydrogen-bond acceptors (Lipinski definition) is 6. The number of rotatable bonds is 6. The Labute approximate surface area is 232 Å². The molecule has 0 aromatic heterocycles. The number of aliphatic hydroxyl groups excluding tert-OH is 2. The van der Waals surface area contributed by atoms with Crippen LogP contribution in [0.2, 0.25) is 0 Å². The van der Waals surface area contributed by atoms with E-state index in [2.05, 4.69) is 13.8 Å². The average molecular weight is 535 g/mol. The van der Waals surface area contributed by atoms with Gasteiger partial charge in [-0.2, -0.15) is 0 Å². The summed E-state index contributed by atoms with van der Waals surface area (Å²) in [6, 6.07) is -0.409. The van der Waals surface area contributed by atoms with Gasteiger partial charge >= 0.3 is 0 Å². The Kier molecular flexibility index (Phi) is 10.1. The summed E-state index contributed by atoms with van der Waals surface area (Å²) in [5.74, 6) is 2.07. The first-order chi connectivity index (χ1) is 18.3. The average Bonchev–Trinajstić information content (AvgIpc) is 2.95. The highest BCUT2D eigenvalue weighted by atomic mass is 16.5. The zero-order valence-corrected chi connectivity index (χ0v) is 24.3. The molecule has 12 atom stereocenters. The highest BCUT2D eigenvalue weighted by Crippen LogP contribution is 2.44. The third-order valence-electron chi connectivity index (χ3n) is 11.9. The van der Waals surface area contributed by atoms with Gasteiger partial charge in [0.15, 0.2) is 0 Å². The molecule has 0 saturated heterocycles. The van der Waals surface area contributed by atoms with Crippen molar-refractivity contribution in [3.05, 3.63) is 0 Å². The van der Waals surface area contributed by atoms with E-state index in [1.54, 1.807) is 0 Å². The van der Waals surface area contributed by atoms with Gasteiger partial charge in [-0.05, 0) is 74.0 Å². The number of nitrogens with two attached hydrogens (primary N) is 2. The molecule has 5 rings (SSSR count). The van der Waals surface area contributed by atoms with E-state index in [1.165, 1.54) is 64.2 Å². The largest absolute Gasteiger partial charge is 0.391 e. The highest BCUT2D eigenvalue weighted by molar-refractivity contribution is 4.99. The van der Waals surface area contributed by atoms with E-state index in [4.69, 9.17) is 20.9 Å². The molecule has 6 nitrogen and oxygen atoms in total. The van der Waals surface area contributed by atoms with Crippen molar-refractivity contribution in [2.45, 2.75) is 165 Å². The maximum Gasteiger partial charge on any atom is 0.0726 e. The van der Waals surface area contributed by atoms with E-state index in [1.807, 2.05) is 0 Å². The fourth-order valence-electron chi connectivity index (χ4n) is 9.20. The van der Waals surface area contributed by atoms with Gasteiger partial charge < -0.3 is 31.2 Å². The molecule has 6 heteroatoms. The quantitative estimate of drug-likeness (QED) is 0.385. The minimum absolute atomic E-state index is 0.122. The molecule has 0 amide bonds. The fraction of sp³-hybridized carbons (Fsp3) is 1.00.